The molecule has 3 rings (SSSR count). The molecule has 0 bridgehead atoms. The Hall–Kier alpha value is -1.44. The molecular formula is C24H32F2. The lowest BCUT2D eigenvalue weighted by Crippen LogP contribution is -2.15. The third kappa shape index (κ3) is 4.27. The van der Waals surface area contributed by atoms with Crippen molar-refractivity contribution in [3.05, 3.63) is 47.0 Å². The van der Waals surface area contributed by atoms with Crippen LogP contribution < -0.4 is 0 Å². The van der Waals surface area contributed by atoms with Crippen molar-refractivity contribution in [1.82, 2.24) is 0 Å². The fourth-order valence-corrected chi connectivity index (χ4v) is 4.58. The Morgan fingerprint density at radius 3 is 2.35 bits per heavy atom. The molecule has 0 saturated heterocycles. The van der Waals surface area contributed by atoms with E-state index in [2.05, 4.69) is 19.9 Å². The molecular weight excluding hydrogens is 326 g/mol. The highest BCUT2D eigenvalue weighted by Gasteiger charge is 2.26. The van der Waals surface area contributed by atoms with E-state index < -0.39 is 11.6 Å². The van der Waals surface area contributed by atoms with Crippen molar-refractivity contribution in [3.8, 4) is 0 Å². The Morgan fingerprint density at radius 1 is 0.885 bits per heavy atom. The summed E-state index contributed by atoms with van der Waals surface area (Å²) < 4.78 is 29.5. The third-order valence-corrected chi connectivity index (χ3v) is 6.15. The van der Waals surface area contributed by atoms with Crippen LogP contribution in [0.2, 0.25) is 0 Å². The first-order chi connectivity index (χ1) is 12.6. The molecule has 0 atom stereocenters. The van der Waals surface area contributed by atoms with Crippen LogP contribution in [0.5, 0.6) is 0 Å². The summed E-state index contributed by atoms with van der Waals surface area (Å²) in [6.07, 6.45) is 11.4. The van der Waals surface area contributed by atoms with Crippen LogP contribution in [-0.4, -0.2) is 0 Å². The topological polar surface area (TPSA) is 0 Å². The zero-order chi connectivity index (χ0) is 18.5. The molecule has 142 valence electrons. The molecule has 0 amide bonds. The van der Waals surface area contributed by atoms with Gasteiger partial charge in [0, 0.05) is 5.39 Å². The molecule has 0 heterocycles. The van der Waals surface area contributed by atoms with Crippen LogP contribution in [0.25, 0.3) is 10.8 Å². The van der Waals surface area contributed by atoms with E-state index in [-0.39, 0.29) is 5.92 Å². The Bertz CT molecular complexity index is 727. The Balaban J connectivity index is 1.76. The highest BCUT2D eigenvalue weighted by Crippen LogP contribution is 2.40. The molecule has 0 nitrogen and oxygen atoms in total. The normalized spacial score (nSPS) is 20.6. The zero-order valence-corrected chi connectivity index (χ0v) is 16.3. The van der Waals surface area contributed by atoms with Crippen LogP contribution >= 0.6 is 0 Å². The van der Waals surface area contributed by atoms with E-state index in [9.17, 15) is 8.78 Å². The molecule has 1 aliphatic carbocycles. The lowest BCUT2D eigenvalue weighted by atomic mass is 9.76. The molecule has 0 N–H and O–H groups in total. The number of fused-ring (bicyclic) bond motifs is 1. The van der Waals surface area contributed by atoms with E-state index in [4.69, 9.17) is 0 Å². The first-order valence-electron chi connectivity index (χ1n) is 10.5. The van der Waals surface area contributed by atoms with Crippen LogP contribution in [-0.2, 0) is 6.42 Å². The van der Waals surface area contributed by atoms with Gasteiger partial charge in [-0.3, -0.25) is 0 Å². The van der Waals surface area contributed by atoms with Gasteiger partial charge in [0.05, 0.1) is 0 Å². The number of hydrogen-bond donors (Lipinski definition) is 0. The average molecular weight is 359 g/mol. The van der Waals surface area contributed by atoms with Gasteiger partial charge in [0.25, 0.3) is 0 Å². The number of unbranched alkanes of at least 4 members (excludes halogenated alkanes) is 2. The Morgan fingerprint density at radius 2 is 1.65 bits per heavy atom. The van der Waals surface area contributed by atoms with Gasteiger partial charge >= 0.3 is 0 Å². The molecule has 1 aliphatic rings. The molecule has 1 saturated carbocycles. The first-order valence-corrected chi connectivity index (χ1v) is 10.5. The smallest absolute Gasteiger partial charge is 0.166 e. The average Bonchev–Trinajstić information content (AvgIpc) is 2.66. The summed E-state index contributed by atoms with van der Waals surface area (Å²) in [6, 6.07) is 7.75. The SMILES string of the molecule is CCCCCC1CCC(c2cc3ccc(CCC)cc3c(F)c2F)CC1. The number of rotatable bonds is 7. The fraction of sp³-hybridized carbons (Fsp3) is 0.583. The number of hydrogen-bond acceptors (Lipinski definition) is 0. The predicted octanol–water partition coefficient (Wildman–Crippen LogP) is 7.92. The monoisotopic (exact) mass is 358 g/mol. The molecule has 26 heavy (non-hydrogen) atoms. The second-order valence-corrected chi connectivity index (χ2v) is 8.11. The highest BCUT2D eigenvalue weighted by molar-refractivity contribution is 5.85. The Kier molecular flexibility index (Phi) is 6.67. The van der Waals surface area contributed by atoms with E-state index >= 15 is 0 Å². The summed E-state index contributed by atoms with van der Waals surface area (Å²) in [7, 11) is 0. The number of benzene rings is 2. The maximum absolute atomic E-state index is 14.8. The molecule has 0 aromatic heterocycles. The van der Waals surface area contributed by atoms with Crippen molar-refractivity contribution < 1.29 is 8.78 Å². The van der Waals surface area contributed by atoms with Crippen LogP contribution in [0.1, 0.15) is 88.7 Å². The van der Waals surface area contributed by atoms with Crippen molar-refractivity contribution in [2.24, 2.45) is 5.92 Å². The summed E-state index contributed by atoms with van der Waals surface area (Å²) >= 11 is 0. The van der Waals surface area contributed by atoms with Crippen molar-refractivity contribution >= 4 is 10.8 Å². The van der Waals surface area contributed by atoms with Crippen molar-refractivity contribution in [1.29, 1.82) is 0 Å². The van der Waals surface area contributed by atoms with E-state index in [0.717, 1.165) is 55.4 Å². The standard InChI is InChI=1S/C24H32F2/c1-3-5-6-8-17-9-12-19(13-10-17)22-16-20-14-11-18(7-4-2)15-21(20)23(25)24(22)26/h11,14-17,19H,3-10,12-13H2,1-2H3. The zero-order valence-electron chi connectivity index (χ0n) is 16.3. The minimum absolute atomic E-state index is 0.173. The maximum atomic E-state index is 14.8. The molecule has 2 aromatic carbocycles. The van der Waals surface area contributed by atoms with E-state index in [0.29, 0.717) is 10.9 Å². The van der Waals surface area contributed by atoms with E-state index in [1.54, 1.807) is 0 Å². The van der Waals surface area contributed by atoms with Crippen molar-refractivity contribution in [3.63, 3.8) is 0 Å². The molecule has 0 radical (unpaired) electrons. The third-order valence-electron chi connectivity index (χ3n) is 6.15. The fourth-order valence-electron chi connectivity index (χ4n) is 4.58. The summed E-state index contributed by atoms with van der Waals surface area (Å²) in [5.74, 6) is -0.310. The van der Waals surface area contributed by atoms with Gasteiger partial charge in [-0.25, -0.2) is 8.78 Å². The lowest BCUT2D eigenvalue weighted by Gasteiger charge is -2.29. The van der Waals surface area contributed by atoms with Crippen LogP contribution in [0.3, 0.4) is 0 Å². The summed E-state index contributed by atoms with van der Waals surface area (Å²) in [6.45, 7) is 4.34. The Labute approximate surface area is 157 Å². The van der Waals surface area contributed by atoms with Gasteiger partial charge in [0.1, 0.15) is 0 Å². The van der Waals surface area contributed by atoms with Gasteiger partial charge in [-0.15, -0.1) is 0 Å². The molecule has 0 aliphatic heterocycles. The predicted molar refractivity (Wildman–Crippen MR) is 107 cm³/mol. The molecule has 1 fully saturated rings. The molecule has 0 spiro atoms. The molecule has 2 heteroatoms. The quantitative estimate of drug-likeness (QED) is 0.441. The highest BCUT2D eigenvalue weighted by atomic mass is 19.2. The summed E-state index contributed by atoms with van der Waals surface area (Å²) in [5, 5.41) is 1.27. The van der Waals surface area contributed by atoms with Crippen molar-refractivity contribution in [2.75, 3.05) is 0 Å². The lowest BCUT2D eigenvalue weighted by molar-refractivity contribution is 0.298. The molecule has 2 aromatic rings. The second kappa shape index (κ2) is 8.97. The van der Waals surface area contributed by atoms with Gasteiger partial charge in [-0.05, 0) is 72.6 Å². The van der Waals surface area contributed by atoms with Crippen LogP contribution in [0.4, 0.5) is 8.78 Å². The van der Waals surface area contributed by atoms with Gasteiger partial charge in [-0.2, -0.15) is 0 Å². The largest absolute Gasteiger partial charge is 0.203 e. The minimum atomic E-state index is -0.652. The van der Waals surface area contributed by atoms with Crippen LogP contribution in [0.15, 0.2) is 24.3 Å². The maximum Gasteiger partial charge on any atom is 0.166 e. The first kappa shape index (κ1) is 19.3. The number of halogens is 2. The van der Waals surface area contributed by atoms with Gasteiger partial charge in [-0.1, -0.05) is 58.1 Å². The van der Waals surface area contributed by atoms with Crippen LogP contribution in [0, 0.1) is 17.6 Å². The minimum Gasteiger partial charge on any atom is -0.203 e. The number of aryl methyl sites for hydroxylation is 1. The second-order valence-electron chi connectivity index (χ2n) is 8.11. The molecule has 0 unspecified atom stereocenters. The summed E-state index contributed by atoms with van der Waals surface area (Å²) in [4.78, 5) is 0. The van der Waals surface area contributed by atoms with E-state index in [1.807, 2.05) is 18.2 Å². The van der Waals surface area contributed by atoms with Crippen molar-refractivity contribution in [2.45, 2.75) is 84.0 Å². The van der Waals surface area contributed by atoms with Gasteiger partial charge in [0.2, 0.25) is 0 Å². The van der Waals surface area contributed by atoms with Gasteiger partial charge in [0.15, 0.2) is 11.6 Å². The van der Waals surface area contributed by atoms with Gasteiger partial charge < -0.3 is 0 Å². The van der Waals surface area contributed by atoms with E-state index in [1.165, 1.54) is 25.7 Å². The summed E-state index contributed by atoms with van der Waals surface area (Å²) in [5.41, 5.74) is 1.68.